The third-order valence-corrected chi connectivity index (χ3v) is 4.80. The molecular formula is C15H21NO. The van der Waals surface area contributed by atoms with Gasteiger partial charge in [-0.05, 0) is 68.0 Å². The van der Waals surface area contributed by atoms with Crippen molar-refractivity contribution in [2.75, 3.05) is 13.6 Å². The van der Waals surface area contributed by atoms with E-state index < -0.39 is 0 Å². The molecule has 2 nitrogen and oxygen atoms in total. The highest BCUT2D eigenvalue weighted by atomic mass is 16.3. The van der Waals surface area contributed by atoms with Crippen molar-refractivity contribution in [2.45, 2.75) is 38.1 Å². The van der Waals surface area contributed by atoms with Crippen molar-refractivity contribution in [1.82, 2.24) is 4.90 Å². The van der Waals surface area contributed by atoms with E-state index in [-0.39, 0.29) is 0 Å². The molecule has 0 aromatic heterocycles. The summed E-state index contributed by atoms with van der Waals surface area (Å²) in [7, 11) is 2.26. The molecule has 3 rings (SSSR count). The lowest BCUT2D eigenvalue weighted by Crippen LogP contribution is -2.48. The van der Waals surface area contributed by atoms with Gasteiger partial charge in [-0.25, -0.2) is 0 Å². The Hall–Kier alpha value is -1.02. The fourth-order valence-corrected chi connectivity index (χ4v) is 3.80. The number of fused-ring (bicyclic) bond motifs is 2. The van der Waals surface area contributed by atoms with Gasteiger partial charge in [0, 0.05) is 6.04 Å². The molecule has 0 radical (unpaired) electrons. The highest BCUT2D eigenvalue weighted by molar-refractivity contribution is 5.40. The summed E-state index contributed by atoms with van der Waals surface area (Å²) in [6.45, 7) is 3.57. The van der Waals surface area contributed by atoms with Crippen LogP contribution in [0.2, 0.25) is 0 Å². The Balaban J connectivity index is 2.00. The fraction of sp³-hybridized carbons (Fsp3) is 0.600. The molecule has 1 N–H and O–H groups in total. The lowest BCUT2D eigenvalue weighted by molar-refractivity contribution is 0.0965. The molecule has 0 unspecified atom stereocenters. The molecule has 92 valence electrons. The van der Waals surface area contributed by atoms with Crippen molar-refractivity contribution in [3.63, 3.8) is 0 Å². The molecular weight excluding hydrogens is 210 g/mol. The molecule has 2 aliphatic rings. The molecule has 17 heavy (non-hydrogen) atoms. The average Bonchev–Trinajstić information content (AvgIpc) is 2.32. The SMILES string of the molecule is C[C@@H]1c2cc(O)ccc2C[C@H]2[C@@H]1CCCN2C. The lowest BCUT2D eigenvalue weighted by atomic mass is 9.69. The Kier molecular flexibility index (Phi) is 2.62. The van der Waals surface area contributed by atoms with E-state index in [4.69, 9.17) is 0 Å². The van der Waals surface area contributed by atoms with Gasteiger partial charge in [-0.2, -0.15) is 0 Å². The minimum atomic E-state index is 0.415. The first kappa shape index (κ1) is 11.1. The van der Waals surface area contributed by atoms with Crippen LogP contribution in [0.4, 0.5) is 0 Å². The van der Waals surface area contributed by atoms with Gasteiger partial charge in [-0.15, -0.1) is 0 Å². The van der Waals surface area contributed by atoms with E-state index in [9.17, 15) is 5.11 Å². The largest absolute Gasteiger partial charge is 0.508 e. The van der Waals surface area contributed by atoms with Crippen molar-refractivity contribution < 1.29 is 5.11 Å². The Morgan fingerprint density at radius 3 is 3.00 bits per heavy atom. The first-order valence-corrected chi connectivity index (χ1v) is 6.69. The smallest absolute Gasteiger partial charge is 0.115 e. The van der Waals surface area contributed by atoms with Crippen LogP contribution in [0, 0.1) is 5.92 Å². The zero-order chi connectivity index (χ0) is 12.0. The van der Waals surface area contributed by atoms with Gasteiger partial charge in [0.1, 0.15) is 5.75 Å². The number of rotatable bonds is 0. The first-order chi connectivity index (χ1) is 8.16. The van der Waals surface area contributed by atoms with Gasteiger partial charge in [-0.1, -0.05) is 13.0 Å². The Morgan fingerprint density at radius 1 is 1.35 bits per heavy atom. The Bertz CT molecular complexity index is 429. The molecule has 1 fully saturated rings. The maximum absolute atomic E-state index is 9.64. The van der Waals surface area contributed by atoms with E-state index >= 15 is 0 Å². The Labute approximate surface area is 103 Å². The molecule has 1 aromatic rings. The summed E-state index contributed by atoms with van der Waals surface area (Å²) in [5, 5.41) is 9.64. The number of aromatic hydroxyl groups is 1. The summed E-state index contributed by atoms with van der Waals surface area (Å²) in [5.41, 5.74) is 2.81. The molecule has 0 bridgehead atoms. The van der Waals surface area contributed by atoms with Gasteiger partial charge in [-0.3, -0.25) is 0 Å². The number of hydrogen-bond acceptors (Lipinski definition) is 2. The van der Waals surface area contributed by atoms with Crippen molar-refractivity contribution in [3.8, 4) is 5.75 Å². The van der Waals surface area contributed by atoms with Crippen LogP contribution in [-0.4, -0.2) is 29.6 Å². The molecule has 1 aliphatic heterocycles. The van der Waals surface area contributed by atoms with Gasteiger partial charge in [0.05, 0.1) is 0 Å². The normalized spacial score (nSPS) is 32.9. The molecule has 0 saturated carbocycles. The van der Waals surface area contributed by atoms with E-state index in [1.165, 1.54) is 30.5 Å². The summed E-state index contributed by atoms with van der Waals surface area (Å²) in [4.78, 5) is 2.53. The van der Waals surface area contributed by atoms with Crippen LogP contribution in [0.5, 0.6) is 5.75 Å². The third kappa shape index (κ3) is 1.75. The number of phenolic OH excluding ortho intramolecular Hbond substituents is 1. The molecule has 1 aliphatic carbocycles. The summed E-state index contributed by atoms with van der Waals surface area (Å²) < 4.78 is 0. The van der Waals surface area contributed by atoms with Crippen LogP contribution >= 0.6 is 0 Å². The van der Waals surface area contributed by atoms with Gasteiger partial charge in [0.2, 0.25) is 0 Å². The maximum atomic E-state index is 9.64. The highest BCUT2D eigenvalue weighted by Crippen LogP contribution is 2.43. The number of piperidine rings is 1. The standard InChI is InChI=1S/C15H21NO/c1-10-13-4-3-7-16(2)15(13)8-11-5-6-12(17)9-14(10)11/h5-6,9-10,13,15,17H,3-4,7-8H2,1-2H3/t10-,13+,15-/m0/s1. The van der Waals surface area contributed by atoms with Crippen molar-refractivity contribution in [1.29, 1.82) is 0 Å². The molecule has 1 heterocycles. The van der Waals surface area contributed by atoms with Crippen LogP contribution in [0.15, 0.2) is 18.2 Å². The summed E-state index contributed by atoms with van der Waals surface area (Å²) in [5.74, 6) is 1.76. The summed E-state index contributed by atoms with van der Waals surface area (Å²) in [6, 6.07) is 6.62. The molecule has 0 amide bonds. The predicted molar refractivity (Wildman–Crippen MR) is 69.4 cm³/mol. The van der Waals surface area contributed by atoms with E-state index in [1.807, 2.05) is 12.1 Å². The van der Waals surface area contributed by atoms with Crippen molar-refractivity contribution in [3.05, 3.63) is 29.3 Å². The van der Waals surface area contributed by atoms with E-state index in [2.05, 4.69) is 24.9 Å². The summed E-state index contributed by atoms with van der Waals surface area (Å²) >= 11 is 0. The third-order valence-electron chi connectivity index (χ3n) is 4.80. The number of benzene rings is 1. The zero-order valence-corrected chi connectivity index (χ0v) is 10.7. The van der Waals surface area contributed by atoms with Gasteiger partial charge < -0.3 is 10.0 Å². The van der Waals surface area contributed by atoms with E-state index in [1.54, 1.807) is 0 Å². The predicted octanol–water partition coefficient (Wildman–Crippen LogP) is 2.76. The molecule has 1 aromatic carbocycles. The topological polar surface area (TPSA) is 23.5 Å². The number of hydrogen-bond donors (Lipinski definition) is 1. The Morgan fingerprint density at radius 2 is 2.18 bits per heavy atom. The van der Waals surface area contributed by atoms with Gasteiger partial charge >= 0.3 is 0 Å². The lowest BCUT2D eigenvalue weighted by Gasteiger charge is -2.46. The van der Waals surface area contributed by atoms with Crippen molar-refractivity contribution in [2.24, 2.45) is 5.92 Å². The van der Waals surface area contributed by atoms with Gasteiger partial charge in [0.25, 0.3) is 0 Å². The number of likely N-dealkylation sites (N-methyl/N-ethyl adjacent to an activating group) is 1. The molecule has 3 atom stereocenters. The number of nitrogens with zero attached hydrogens (tertiary/aromatic N) is 1. The van der Waals surface area contributed by atoms with E-state index in [0.29, 0.717) is 17.7 Å². The second-order valence-corrected chi connectivity index (χ2v) is 5.73. The van der Waals surface area contributed by atoms with Crippen LogP contribution in [0.25, 0.3) is 0 Å². The fourth-order valence-electron chi connectivity index (χ4n) is 3.80. The number of likely N-dealkylation sites (tertiary alicyclic amines) is 1. The van der Waals surface area contributed by atoms with E-state index in [0.717, 1.165) is 12.3 Å². The monoisotopic (exact) mass is 231 g/mol. The number of phenols is 1. The second kappa shape index (κ2) is 4.02. The summed E-state index contributed by atoms with van der Waals surface area (Å²) in [6.07, 6.45) is 3.81. The van der Waals surface area contributed by atoms with Crippen LogP contribution in [0.3, 0.4) is 0 Å². The van der Waals surface area contributed by atoms with Crippen LogP contribution in [-0.2, 0) is 6.42 Å². The van der Waals surface area contributed by atoms with Crippen LogP contribution in [0.1, 0.15) is 36.8 Å². The zero-order valence-electron chi connectivity index (χ0n) is 10.7. The van der Waals surface area contributed by atoms with Crippen LogP contribution < -0.4 is 0 Å². The maximum Gasteiger partial charge on any atom is 0.115 e. The second-order valence-electron chi connectivity index (χ2n) is 5.73. The molecule has 1 saturated heterocycles. The average molecular weight is 231 g/mol. The van der Waals surface area contributed by atoms with Gasteiger partial charge in [0.15, 0.2) is 0 Å². The minimum Gasteiger partial charge on any atom is -0.508 e. The quantitative estimate of drug-likeness (QED) is 0.742. The molecule has 2 heteroatoms. The molecule has 0 spiro atoms. The highest BCUT2D eigenvalue weighted by Gasteiger charge is 2.38. The minimum absolute atomic E-state index is 0.415. The first-order valence-electron chi connectivity index (χ1n) is 6.69. The van der Waals surface area contributed by atoms with Crippen molar-refractivity contribution >= 4 is 0 Å².